The van der Waals surface area contributed by atoms with E-state index in [4.69, 9.17) is 9.90 Å². The number of carbonyl (C=O) groups excluding carboxylic acids is 1. The van der Waals surface area contributed by atoms with Crippen LogP contribution in [0.25, 0.3) is 0 Å². The summed E-state index contributed by atoms with van der Waals surface area (Å²) in [5.41, 5.74) is 2.71. The molecule has 1 aliphatic heterocycles. The lowest BCUT2D eigenvalue weighted by atomic mass is 10.1. The van der Waals surface area contributed by atoms with Crippen molar-refractivity contribution in [2.45, 2.75) is 32.7 Å². The lowest BCUT2D eigenvalue weighted by Crippen LogP contribution is -2.40. The highest BCUT2D eigenvalue weighted by molar-refractivity contribution is 5.94. The summed E-state index contributed by atoms with van der Waals surface area (Å²) >= 11 is 0. The molecule has 0 bridgehead atoms. The molecule has 0 saturated carbocycles. The van der Waals surface area contributed by atoms with Crippen LogP contribution < -0.4 is 5.32 Å². The first-order valence-electron chi connectivity index (χ1n) is 9.98. The van der Waals surface area contributed by atoms with Gasteiger partial charge in [0.1, 0.15) is 17.3 Å². The number of benzene rings is 1. The molecule has 0 unspecified atom stereocenters. The standard InChI is InChI=1S/C19H19FN6O.C2HF3O2/c1-13-4-2-7-17(22-13)21-11-16-18-19(27)25(8-9-26(18)24-23-16)12-14-5-3-6-15(20)10-14;3-2(4,5)1(6)7/h2-7,10H,8-9,11-12H2,1H3,(H,21,22);(H,6,7). The van der Waals surface area contributed by atoms with Crippen LogP contribution in [0.1, 0.15) is 27.4 Å². The maximum Gasteiger partial charge on any atom is 0.490 e. The molecular formula is C21H20F4N6O3. The molecule has 4 rings (SSSR count). The van der Waals surface area contributed by atoms with Crippen molar-refractivity contribution >= 4 is 17.7 Å². The quantitative estimate of drug-likeness (QED) is 0.540. The topological polar surface area (TPSA) is 113 Å². The highest BCUT2D eigenvalue weighted by Crippen LogP contribution is 2.19. The fraction of sp³-hybridized carbons (Fsp3) is 0.286. The molecule has 0 spiro atoms. The number of nitrogens with zero attached hydrogens (tertiary/aromatic N) is 5. The number of carboxylic acid groups (broad SMARTS) is 1. The fourth-order valence-electron chi connectivity index (χ4n) is 3.15. The van der Waals surface area contributed by atoms with Gasteiger partial charge in [-0.3, -0.25) is 4.79 Å². The number of halogens is 4. The molecular weight excluding hydrogens is 460 g/mol. The number of anilines is 1. The zero-order valence-electron chi connectivity index (χ0n) is 17.9. The molecule has 180 valence electrons. The molecule has 0 saturated heterocycles. The van der Waals surface area contributed by atoms with Gasteiger partial charge >= 0.3 is 12.1 Å². The maximum atomic E-state index is 13.4. The summed E-state index contributed by atoms with van der Waals surface area (Å²) in [5, 5.41) is 18.6. The number of amides is 1. The minimum absolute atomic E-state index is 0.149. The largest absolute Gasteiger partial charge is 0.490 e. The predicted octanol–water partition coefficient (Wildman–Crippen LogP) is 3.02. The molecule has 1 amide bonds. The van der Waals surface area contributed by atoms with Gasteiger partial charge in [0.05, 0.1) is 13.1 Å². The summed E-state index contributed by atoms with van der Waals surface area (Å²) in [6.07, 6.45) is -5.08. The van der Waals surface area contributed by atoms with E-state index in [9.17, 15) is 22.4 Å². The van der Waals surface area contributed by atoms with E-state index in [-0.39, 0.29) is 11.7 Å². The molecule has 2 aromatic heterocycles. The lowest BCUT2D eigenvalue weighted by molar-refractivity contribution is -0.192. The molecule has 0 aliphatic carbocycles. The van der Waals surface area contributed by atoms with Gasteiger partial charge in [0, 0.05) is 18.8 Å². The summed E-state index contributed by atoms with van der Waals surface area (Å²) in [6, 6.07) is 12.0. The molecule has 3 heterocycles. The van der Waals surface area contributed by atoms with E-state index in [0.717, 1.165) is 17.1 Å². The monoisotopic (exact) mass is 480 g/mol. The Kier molecular flexibility index (Phi) is 7.44. The average molecular weight is 480 g/mol. The van der Waals surface area contributed by atoms with Crippen molar-refractivity contribution in [1.29, 1.82) is 0 Å². The van der Waals surface area contributed by atoms with Gasteiger partial charge < -0.3 is 15.3 Å². The summed E-state index contributed by atoms with van der Waals surface area (Å²) in [6.45, 7) is 3.70. The van der Waals surface area contributed by atoms with Gasteiger partial charge in [-0.25, -0.2) is 18.9 Å². The molecule has 0 radical (unpaired) electrons. The maximum absolute atomic E-state index is 13.4. The number of alkyl halides is 3. The predicted molar refractivity (Wildman–Crippen MR) is 111 cm³/mol. The molecule has 3 aromatic rings. The molecule has 9 nitrogen and oxygen atoms in total. The molecule has 0 atom stereocenters. The summed E-state index contributed by atoms with van der Waals surface area (Å²) in [4.78, 5) is 27.9. The number of pyridine rings is 1. The number of aromatic nitrogens is 4. The lowest BCUT2D eigenvalue weighted by Gasteiger charge is -2.27. The Bertz CT molecular complexity index is 1180. The van der Waals surface area contributed by atoms with E-state index in [1.54, 1.807) is 15.6 Å². The van der Waals surface area contributed by atoms with Gasteiger partial charge in [-0.1, -0.05) is 23.4 Å². The Morgan fingerprint density at radius 1 is 1.18 bits per heavy atom. The third-order valence-electron chi connectivity index (χ3n) is 4.71. The summed E-state index contributed by atoms with van der Waals surface area (Å²) in [5.74, 6) is -2.49. The number of hydrogen-bond donors (Lipinski definition) is 2. The van der Waals surface area contributed by atoms with Crippen molar-refractivity contribution in [3.05, 3.63) is 70.9 Å². The summed E-state index contributed by atoms with van der Waals surface area (Å²) in [7, 11) is 0. The van der Waals surface area contributed by atoms with Crippen LogP contribution in [0.4, 0.5) is 23.4 Å². The van der Waals surface area contributed by atoms with Crippen LogP contribution in [-0.2, 0) is 24.4 Å². The van der Waals surface area contributed by atoms with Crippen LogP contribution in [0.5, 0.6) is 0 Å². The average Bonchev–Trinajstić information content (AvgIpc) is 3.18. The van der Waals surface area contributed by atoms with Gasteiger partial charge in [-0.2, -0.15) is 13.2 Å². The van der Waals surface area contributed by atoms with E-state index in [0.29, 0.717) is 37.6 Å². The number of hydrogen-bond acceptors (Lipinski definition) is 6. The second-order valence-corrected chi connectivity index (χ2v) is 7.29. The Hall–Kier alpha value is -4.03. The molecule has 0 fully saturated rings. The minimum Gasteiger partial charge on any atom is -0.475 e. The molecule has 1 aliphatic rings. The van der Waals surface area contributed by atoms with Crippen LogP contribution in [0.2, 0.25) is 0 Å². The zero-order chi connectivity index (χ0) is 24.9. The van der Waals surface area contributed by atoms with E-state index >= 15 is 0 Å². The van der Waals surface area contributed by atoms with E-state index in [1.807, 2.05) is 31.2 Å². The smallest absolute Gasteiger partial charge is 0.475 e. The van der Waals surface area contributed by atoms with Crippen molar-refractivity contribution in [2.75, 3.05) is 11.9 Å². The van der Waals surface area contributed by atoms with E-state index in [1.165, 1.54) is 12.1 Å². The Labute approximate surface area is 191 Å². The second-order valence-electron chi connectivity index (χ2n) is 7.29. The van der Waals surface area contributed by atoms with Crippen LogP contribution in [0.15, 0.2) is 42.5 Å². The minimum atomic E-state index is -5.08. The third kappa shape index (κ3) is 6.27. The van der Waals surface area contributed by atoms with Gasteiger partial charge in [0.2, 0.25) is 0 Å². The van der Waals surface area contributed by atoms with E-state index in [2.05, 4.69) is 20.6 Å². The van der Waals surface area contributed by atoms with Crippen molar-refractivity contribution in [1.82, 2.24) is 24.9 Å². The van der Waals surface area contributed by atoms with Gasteiger partial charge in [-0.15, -0.1) is 5.10 Å². The molecule has 1 aromatic carbocycles. The van der Waals surface area contributed by atoms with Gasteiger partial charge in [0.25, 0.3) is 5.91 Å². The number of fused-ring (bicyclic) bond motifs is 1. The highest BCUT2D eigenvalue weighted by Gasteiger charge is 2.38. The second kappa shape index (κ2) is 10.3. The SMILES string of the molecule is Cc1cccc(NCc2nnn3c2C(=O)N(Cc2cccc(F)c2)CC3)n1.O=C(O)C(F)(F)F. The number of rotatable bonds is 5. The molecule has 2 N–H and O–H groups in total. The number of carbonyl (C=O) groups is 2. The number of aryl methyl sites for hydroxylation is 1. The molecule has 34 heavy (non-hydrogen) atoms. The van der Waals surface area contributed by atoms with Crippen LogP contribution >= 0.6 is 0 Å². The first-order valence-corrected chi connectivity index (χ1v) is 9.98. The van der Waals surface area contributed by atoms with Crippen molar-refractivity contribution in [3.63, 3.8) is 0 Å². The van der Waals surface area contributed by atoms with Crippen molar-refractivity contribution in [2.24, 2.45) is 0 Å². The van der Waals surface area contributed by atoms with Crippen molar-refractivity contribution < 1.29 is 32.3 Å². The number of carboxylic acids is 1. The highest BCUT2D eigenvalue weighted by atomic mass is 19.4. The number of nitrogens with one attached hydrogen (secondary N) is 1. The first-order chi connectivity index (χ1) is 16.0. The van der Waals surface area contributed by atoms with Crippen LogP contribution in [-0.4, -0.2) is 54.6 Å². The summed E-state index contributed by atoms with van der Waals surface area (Å²) < 4.78 is 46.8. The zero-order valence-corrected chi connectivity index (χ0v) is 17.9. The first kappa shape index (κ1) is 24.6. The normalized spacial score (nSPS) is 13.1. The molecule has 13 heteroatoms. The van der Waals surface area contributed by atoms with Gasteiger partial charge in [0.15, 0.2) is 5.69 Å². The van der Waals surface area contributed by atoms with Gasteiger partial charge in [-0.05, 0) is 36.8 Å². The van der Waals surface area contributed by atoms with Crippen LogP contribution in [0.3, 0.4) is 0 Å². The van der Waals surface area contributed by atoms with Crippen LogP contribution in [0, 0.1) is 12.7 Å². The Morgan fingerprint density at radius 3 is 2.53 bits per heavy atom. The van der Waals surface area contributed by atoms with Crippen molar-refractivity contribution in [3.8, 4) is 0 Å². The third-order valence-corrected chi connectivity index (χ3v) is 4.71. The Morgan fingerprint density at radius 2 is 1.88 bits per heavy atom. The number of aliphatic carboxylic acids is 1. The van der Waals surface area contributed by atoms with E-state index < -0.39 is 12.1 Å². The Balaban J connectivity index is 0.000000406. The fourth-order valence-corrected chi connectivity index (χ4v) is 3.15.